The molecule has 2 aromatic carbocycles. The average Bonchev–Trinajstić information content (AvgIpc) is 3.48. The molecule has 1 saturated heterocycles. The predicted molar refractivity (Wildman–Crippen MR) is 137 cm³/mol. The summed E-state index contributed by atoms with van der Waals surface area (Å²) in [4.78, 5) is 42.8. The van der Waals surface area contributed by atoms with Gasteiger partial charge in [0.05, 0.1) is 11.7 Å². The highest BCUT2D eigenvalue weighted by Crippen LogP contribution is 2.36. The maximum absolute atomic E-state index is 14.3. The molecule has 2 N–H and O–H groups in total. The predicted octanol–water partition coefficient (Wildman–Crippen LogP) is 2.52. The molecule has 188 valence electrons. The van der Waals surface area contributed by atoms with Gasteiger partial charge in [-0.15, -0.1) is 0 Å². The van der Waals surface area contributed by atoms with E-state index >= 15 is 0 Å². The normalized spacial score (nSPS) is 21.8. The first kappa shape index (κ1) is 24.0. The van der Waals surface area contributed by atoms with Crippen LogP contribution in [-0.4, -0.2) is 51.5 Å². The second kappa shape index (κ2) is 9.41. The van der Waals surface area contributed by atoms with Crippen LogP contribution in [0.15, 0.2) is 48.7 Å². The van der Waals surface area contributed by atoms with Crippen LogP contribution in [0.4, 0.5) is 0 Å². The van der Waals surface area contributed by atoms with Crippen molar-refractivity contribution in [3.63, 3.8) is 0 Å². The fourth-order valence-electron chi connectivity index (χ4n) is 5.84. The lowest BCUT2D eigenvalue weighted by Gasteiger charge is -2.46. The summed E-state index contributed by atoms with van der Waals surface area (Å²) in [5, 5.41) is 11.0. The first-order valence-corrected chi connectivity index (χ1v) is 12.7. The van der Waals surface area contributed by atoms with E-state index in [0.717, 1.165) is 23.7 Å². The molecule has 1 aromatic heterocycles. The molecule has 8 nitrogen and oxygen atoms in total. The highest BCUT2D eigenvalue weighted by molar-refractivity contribution is 6.00. The minimum Gasteiger partial charge on any atom is -0.357 e. The monoisotopic (exact) mass is 487 g/mol. The molecule has 0 saturated carbocycles. The standard InChI is InChI=1S/C28H33N5O3/c1-5-16(2)24-27(35)31-23(20-12-17-8-6-7-9-18(17)13-20)28(36)33(24)25(26(34)29-3)19-10-11-22-21(14-19)15-30-32(22)4/h6-11,14-16,20,23-25H,5,12-13H2,1-4H3,(H,29,34)(H,31,35)/t16-,23+,24?,25+/m1/s1. The number of nitrogens with zero attached hydrogens (tertiary/aromatic N) is 3. The van der Waals surface area contributed by atoms with Crippen molar-refractivity contribution in [2.45, 2.75) is 51.2 Å². The van der Waals surface area contributed by atoms with Crippen molar-refractivity contribution in [1.29, 1.82) is 0 Å². The molecule has 8 heteroatoms. The summed E-state index contributed by atoms with van der Waals surface area (Å²) in [5.41, 5.74) is 4.02. The highest BCUT2D eigenvalue weighted by Gasteiger charge is 2.50. The van der Waals surface area contributed by atoms with E-state index in [9.17, 15) is 14.4 Å². The first-order valence-electron chi connectivity index (χ1n) is 12.7. The second-order valence-corrected chi connectivity index (χ2v) is 10.1. The number of amides is 3. The smallest absolute Gasteiger partial charge is 0.247 e. The quantitative estimate of drug-likeness (QED) is 0.559. The van der Waals surface area contributed by atoms with Crippen molar-refractivity contribution in [2.24, 2.45) is 18.9 Å². The van der Waals surface area contributed by atoms with Crippen LogP contribution in [0.2, 0.25) is 0 Å². The first-order chi connectivity index (χ1) is 17.3. The summed E-state index contributed by atoms with van der Waals surface area (Å²) in [6, 6.07) is 11.5. The van der Waals surface area contributed by atoms with Crippen molar-refractivity contribution < 1.29 is 14.4 Å². The summed E-state index contributed by atoms with van der Waals surface area (Å²) in [5.74, 6) is -0.878. The third-order valence-electron chi connectivity index (χ3n) is 7.98. The largest absolute Gasteiger partial charge is 0.357 e. The van der Waals surface area contributed by atoms with Crippen LogP contribution in [0.3, 0.4) is 0 Å². The molecule has 5 rings (SSSR count). The van der Waals surface area contributed by atoms with Crippen LogP contribution in [0, 0.1) is 11.8 Å². The third kappa shape index (κ3) is 3.94. The number of carbonyl (C=O) groups is 3. The van der Waals surface area contributed by atoms with Gasteiger partial charge >= 0.3 is 0 Å². The molecule has 4 atom stereocenters. The molecule has 2 aliphatic rings. The van der Waals surface area contributed by atoms with Gasteiger partial charge in [-0.2, -0.15) is 5.10 Å². The molecule has 1 fully saturated rings. The Hall–Kier alpha value is -3.68. The zero-order valence-corrected chi connectivity index (χ0v) is 21.2. The Labute approximate surface area is 211 Å². The summed E-state index contributed by atoms with van der Waals surface area (Å²) in [6.45, 7) is 3.96. The lowest BCUT2D eigenvalue weighted by molar-refractivity contribution is -0.159. The minimum absolute atomic E-state index is 0.0506. The van der Waals surface area contributed by atoms with E-state index in [1.54, 1.807) is 22.8 Å². The SMILES string of the molecule is CC[C@@H](C)C1C(=O)N[C@@H](C2Cc3ccccc3C2)C(=O)N1[C@H](C(=O)NC)c1ccc2c(cnn2C)c1. The fraction of sp³-hybridized carbons (Fsp3) is 0.429. The number of likely N-dealkylation sites (N-methyl/N-ethyl adjacent to an activating group) is 1. The Morgan fingerprint density at radius 1 is 1.17 bits per heavy atom. The molecular weight excluding hydrogens is 454 g/mol. The van der Waals surface area contributed by atoms with E-state index in [-0.39, 0.29) is 29.6 Å². The molecule has 1 unspecified atom stereocenters. The van der Waals surface area contributed by atoms with Gasteiger partial charge in [0.25, 0.3) is 0 Å². The Morgan fingerprint density at radius 2 is 1.86 bits per heavy atom. The molecule has 0 radical (unpaired) electrons. The van der Waals surface area contributed by atoms with Gasteiger partial charge < -0.3 is 15.5 Å². The summed E-state index contributed by atoms with van der Waals surface area (Å²) in [6.07, 6.45) is 3.89. The molecule has 3 amide bonds. The van der Waals surface area contributed by atoms with Crippen molar-refractivity contribution in [2.75, 3.05) is 7.05 Å². The maximum Gasteiger partial charge on any atom is 0.247 e. The molecule has 3 aromatic rings. The number of nitrogens with one attached hydrogen (secondary N) is 2. The topological polar surface area (TPSA) is 96.3 Å². The lowest BCUT2D eigenvalue weighted by atomic mass is 9.86. The van der Waals surface area contributed by atoms with Gasteiger partial charge in [0.15, 0.2) is 0 Å². The van der Waals surface area contributed by atoms with Gasteiger partial charge in [-0.1, -0.05) is 50.6 Å². The summed E-state index contributed by atoms with van der Waals surface area (Å²) < 4.78 is 1.77. The summed E-state index contributed by atoms with van der Waals surface area (Å²) >= 11 is 0. The Bertz CT molecular complexity index is 1310. The van der Waals surface area contributed by atoms with Gasteiger partial charge in [-0.05, 0) is 53.5 Å². The number of rotatable bonds is 6. The van der Waals surface area contributed by atoms with Crippen molar-refractivity contribution in [3.8, 4) is 0 Å². The number of benzene rings is 2. The molecule has 2 heterocycles. The van der Waals surface area contributed by atoms with Gasteiger partial charge in [-0.3, -0.25) is 19.1 Å². The van der Waals surface area contributed by atoms with Crippen molar-refractivity contribution in [1.82, 2.24) is 25.3 Å². The van der Waals surface area contributed by atoms with Gasteiger partial charge in [0.2, 0.25) is 17.7 Å². The van der Waals surface area contributed by atoms with Crippen LogP contribution in [0.25, 0.3) is 10.9 Å². The molecular formula is C28H33N5O3. The molecule has 36 heavy (non-hydrogen) atoms. The second-order valence-electron chi connectivity index (χ2n) is 10.1. The zero-order chi connectivity index (χ0) is 25.6. The Kier molecular flexibility index (Phi) is 6.28. The number of aryl methyl sites for hydroxylation is 1. The number of hydrogen-bond acceptors (Lipinski definition) is 4. The number of aromatic nitrogens is 2. The highest BCUT2D eigenvalue weighted by atomic mass is 16.2. The van der Waals surface area contributed by atoms with Crippen LogP contribution < -0.4 is 10.6 Å². The number of hydrogen-bond donors (Lipinski definition) is 2. The number of carbonyl (C=O) groups excluding carboxylic acids is 3. The molecule has 1 aliphatic carbocycles. The van der Waals surface area contributed by atoms with Crippen LogP contribution in [0.5, 0.6) is 0 Å². The lowest BCUT2D eigenvalue weighted by Crippen LogP contribution is -2.68. The van der Waals surface area contributed by atoms with E-state index in [1.165, 1.54) is 11.1 Å². The molecule has 1 aliphatic heterocycles. The summed E-state index contributed by atoms with van der Waals surface area (Å²) in [7, 11) is 3.43. The Balaban J connectivity index is 1.58. The van der Waals surface area contributed by atoms with E-state index in [2.05, 4.69) is 27.9 Å². The van der Waals surface area contributed by atoms with E-state index in [0.29, 0.717) is 12.0 Å². The maximum atomic E-state index is 14.3. The Morgan fingerprint density at radius 3 is 2.50 bits per heavy atom. The van der Waals surface area contributed by atoms with Crippen LogP contribution in [0.1, 0.15) is 43.0 Å². The van der Waals surface area contributed by atoms with Gasteiger partial charge in [0, 0.05) is 19.5 Å². The molecule has 0 bridgehead atoms. The van der Waals surface area contributed by atoms with E-state index in [4.69, 9.17) is 0 Å². The van der Waals surface area contributed by atoms with Crippen LogP contribution >= 0.6 is 0 Å². The zero-order valence-electron chi connectivity index (χ0n) is 21.2. The van der Waals surface area contributed by atoms with Crippen molar-refractivity contribution >= 4 is 28.6 Å². The van der Waals surface area contributed by atoms with Gasteiger partial charge in [-0.25, -0.2) is 0 Å². The number of fused-ring (bicyclic) bond motifs is 2. The van der Waals surface area contributed by atoms with Crippen molar-refractivity contribution in [3.05, 3.63) is 65.4 Å². The molecule has 0 spiro atoms. The third-order valence-corrected chi connectivity index (χ3v) is 7.98. The van der Waals surface area contributed by atoms with E-state index < -0.39 is 18.1 Å². The van der Waals surface area contributed by atoms with Crippen LogP contribution in [-0.2, 0) is 34.3 Å². The number of piperazine rings is 1. The average molecular weight is 488 g/mol. The van der Waals surface area contributed by atoms with Gasteiger partial charge in [0.1, 0.15) is 18.1 Å². The minimum atomic E-state index is -0.927. The fourth-order valence-corrected chi connectivity index (χ4v) is 5.84. The van der Waals surface area contributed by atoms with E-state index in [1.807, 2.05) is 51.2 Å².